The Morgan fingerprint density at radius 2 is 1.76 bits per heavy atom. The molecular weight excluding hydrogens is 588 g/mol. The van der Waals surface area contributed by atoms with Gasteiger partial charge >= 0.3 is 5.97 Å². The van der Waals surface area contributed by atoms with Crippen molar-refractivity contribution in [2.24, 2.45) is 7.05 Å². The molecule has 0 radical (unpaired) electrons. The van der Waals surface area contributed by atoms with Crippen LogP contribution in [0.2, 0.25) is 0 Å². The highest BCUT2D eigenvalue weighted by molar-refractivity contribution is 8.22. The lowest BCUT2D eigenvalue weighted by Crippen LogP contribution is -2.35. The monoisotopic (exact) mass is 632 g/mol. The summed E-state index contributed by atoms with van der Waals surface area (Å²) >= 11 is 0. The molecule has 1 saturated heterocycles. The number of carbonyl (C=O) groups is 1. The number of piperidine rings is 1. The highest BCUT2D eigenvalue weighted by Gasteiger charge is 2.33. The third kappa shape index (κ3) is 6.32. The molecule has 1 unspecified atom stereocenters. The van der Waals surface area contributed by atoms with E-state index in [1.807, 2.05) is 52.2 Å². The second kappa shape index (κ2) is 12.7. The predicted octanol–water partition coefficient (Wildman–Crippen LogP) is 5.72. The Balaban J connectivity index is 1.34. The van der Waals surface area contributed by atoms with Crippen LogP contribution < -0.4 is 4.90 Å². The molecule has 3 aromatic carbocycles. The lowest BCUT2D eigenvalue weighted by atomic mass is 9.84. The smallest absolute Gasteiger partial charge is 0.307 e. The SMILES string of the molecule is Cc1ccc(C(CC(=O)OC2CCN(C)CC2)c2ccc3c(nnn3C)c2C)cc1CN1CCN(C)c2ccccc2S1(O)O. The van der Waals surface area contributed by atoms with Gasteiger partial charge in [0.2, 0.25) is 0 Å². The number of aryl methyl sites for hydroxylation is 3. The molecule has 1 atom stereocenters. The molecule has 3 heterocycles. The summed E-state index contributed by atoms with van der Waals surface area (Å²) < 4.78 is 32.7. The van der Waals surface area contributed by atoms with E-state index in [4.69, 9.17) is 4.74 Å². The molecule has 0 spiro atoms. The molecule has 0 bridgehead atoms. The Labute approximate surface area is 267 Å². The molecule has 11 heteroatoms. The van der Waals surface area contributed by atoms with Gasteiger partial charge in [0.05, 0.1) is 22.5 Å². The number of fused-ring (bicyclic) bond motifs is 2. The molecule has 0 amide bonds. The van der Waals surface area contributed by atoms with Crippen molar-refractivity contribution in [3.8, 4) is 0 Å². The van der Waals surface area contributed by atoms with Gasteiger partial charge in [0.1, 0.15) is 11.6 Å². The Morgan fingerprint density at radius 3 is 2.53 bits per heavy atom. The van der Waals surface area contributed by atoms with Crippen LogP contribution in [0.5, 0.6) is 0 Å². The number of likely N-dealkylation sites (N-methyl/N-ethyl adjacent to an activating group) is 1. The first-order chi connectivity index (χ1) is 21.5. The van der Waals surface area contributed by atoms with Gasteiger partial charge in [-0.15, -0.1) is 15.9 Å². The molecule has 45 heavy (non-hydrogen) atoms. The highest BCUT2D eigenvalue weighted by atomic mass is 32.3. The van der Waals surface area contributed by atoms with Crippen LogP contribution in [-0.2, 0) is 23.1 Å². The van der Waals surface area contributed by atoms with Crippen LogP contribution in [0, 0.1) is 13.8 Å². The molecular formula is C34H44N6O4S. The Morgan fingerprint density at radius 1 is 1.00 bits per heavy atom. The number of rotatable bonds is 7. The molecule has 2 N–H and O–H groups in total. The Hall–Kier alpha value is -3.48. The molecule has 6 rings (SSSR count). The summed E-state index contributed by atoms with van der Waals surface area (Å²) in [5.74, 6) is -0.484. The third-order valence-corrected chi connectivity index (χ3v) is 11.5. The first kappa shape index (κ1) is 31.5. The number of aromatic nitrogens is 3. The minimum Gasteiger partial charge on any atom is -0.462 e. The Bertz CT molecular complexity index is 1700. The Kier molecular flexibility index (Phi) is 8.91. The number of benzene rings is 3. The van der Waals surface area contributed by atoms with E-state index < -0.39 is 10.8 Å². The van der Waals surface area contributed by atoms with Gasteiger partial charge in [0.25, 0.3) is 0 Å². The molecule has 2 aliphatic rings. The molecule has 1 aromatic heterocycles. The standard InChI is InChI=1S/C34H44N6O4S/c1-23-10-11-25(20-26(23)22-40-19-18-38(4)30-8-6-7-9-32(30)45(40,42)43)29(21-33(41)44-27-14-16-37(3)17-15-27)28-12-13-31-34(24(28)2)35-36-39(31)5/h6-13,20,27,29,42-43H,14-19,21-22H2,1-5H3. The van der Waals surface area contributed by atoms with Crippen LogP contribution in [0.4, 0.5) is 5.69 Å². The second-order valence-electron chi connectivity index (χ2n) is 12.6. The van der Waals surface area contributed by atoms with E-state index in [-0.39, 0.29) is 24.4 Å². The molecule has 4 aromatic rings. The summed E-state index contributed by atoms with van der Waals surface area (Å²) in [5, 5.41) is 8.65. The molecule has 0 aliphatic carbocycles. The predicted molar refractivity (Wildman–Crippen MR) is 179 cm³/mol. The van der Waals surface area contributed by atoms with Crippen LogP contribution in [-0.4, -0.2) is 85.7 Å². The fourth-order valence-corrected chi connectivity index (χ4v) is 8.33. The lowest BCUT2D eigenvalue weighted by Gasteiger charge is -2.42. The number of likely N-dealkylation sites (tertiary alicyclic amines) is 1. The van der Waals surface area contributed by atoms with Crippen molar-refractivity contribution in [1.29, 1.82) is 0 Å². The average molecular weight is 633 g/mol. The summed E-state index contributed by atoms with van der Waals surface area (Å²) in [4.78, 5) is 18.4. The van der Waals surface area contributed by atoms with E-state index in [0.717, 1.165) is 70.5 Å². The van der Waals surface area contributed by atoms with E-state index in [9.17, 15) is 13.9 Å². The lowest BCUT2D eigenvalue weighted by molar-refractivity contribution is -0.151. The summed E-state index contributed by atoms with van der Waals surface area (Å²) in [5.41, 5.74) is 7.60. The normalized spacial score (nSPS) is 19.2. The van der Waals surface area contributed by atoms with Gasteiger partial charge in [-0.1, -0.05) is 41.6 Å². The van der Waals surface area contributed by atoms with Gasteiger partial charge in [0, 0.05) is 52.7 Å². The topological polar surface area (TPSA) is 107 Å². The number of hydrogen-bond acceptors (Lipinski definition) is 9. The first-order valence-electron chi connectivity index (χ1n) is 15.6. The van der Waals surface area contributed by atoms with Crippen molar-refractivity contribution >= 4 is 33.5 Å². The van der Waals surface area contributed by atoms with Crippen molar-refractivity contribution in [2.75, 3.05) is 45.2 Å². The van der Waals surface area contributed by atoms with Gasteiger partial charge < -0.3 is 14.5 Å². The highest BCUT2D eigenvalue weighted by Crippen LogP contribution is 2.56. The van der Waals surface area contributed by atoms with Crippen LogP contribution in [0.3, 0.4) is 0 Å². The first-order valence-corrected chi connectivity index (χ1v) is 17.1. The summed E-state index contributed by atoms with van der Waals surface area (Å²) in [6, 6.07) is 17.9. The van der Waals surface area contributed by atoms with Crippen molar-refractivity contribution in [3.05, 3.63) is 82.4 Å². The van der Waals surface area contributed by atoms with Gasteiger partial charge in [-0.25, -0.2) is 4.68 Å². The van der Waals surface area contributed by atoms with Gasteiger partial charge in [0.15, 0.2) is 0 Å². The maximum absolute atomic E-state index is 13.5. The molecule has 10 nitrogen and oxygen atoms in total. The summed E-state index contributed by atoms with van der Waals surface area (Å²) in [6.45, 7) is 7.43. The maximum atomic E-state index is 13.5. The van der Waals surface area contributed by atoms with Crippen molar-refractivity contribution in [1.82, 2.24) is 24.2 Å². The zero-order valence-corrected chi connectivity index (χ0v) is 27.6. The second-order valence-corrected chi connectivity index (χ2v) is 14.6. The van der Waals surface area contributed by atoms with Crippen LogP contribution in [0.1, 0.15) is 53.0 Å². The maximum Gasteiger partial charge on any atom is 0.307 e. The number of ether oxygens (including phenoxy) is 1. The van der Waals surface area contributed by atoms with E-state index in [1.54, 1.807) is 15.1 Å². The number of esters is 1. The molecule has 2 aliphatic heterocycles. The summed E-state index contributed by atoms with van der Waals surface area (Å²) in [7, 11) is 2.73. The van der Waals surface area contributed by atoms with Crippen molar-refractivity contribution in [3.63, 3.8) is 0 Å². The van der Waals surface area contributed by atoms with Crippen LogP contribution in [0.15, 0.2) is 59.5 Å². The van der Waals surface area contributed by atoms with Gasteiger partial charge in [-0.3, -0.25) is 13.9 Å². The van der Waals surface area contributed by atoms with Crippen LogP contribution in [0.25, 0.3) is 11.0 Å². The number of hydrogen-bond donors (Lipinski definition) is 2. The third-order valence-electron chi connectivity index (χ3n) is 9.53. The number of nitrogens with zero attached hydrogens (tertiary/aromatic N) is 6. The number of anilines is 1. The van der Waals surface area contributed by atoms with Crippen molar-refractivity contribution in [2.45, 2.75) is 56.6 Å². The largest absolute Gasteiger partial charge is 0.462 e. The minimum absolute atomic E-state index is 0.0688. The van der Waals surface area contributed by atoms with E-state index in [2.05, 4.69) is 51.4 Å². The minimum atomic E-state index is -3.22. The van der Waals surface area contributed by atoms with Gasteiger partial charge in [-0.05, 0) is 79.8 Å². The number of para-hydroxylation sites is 1. The zero-order chi connectivity index (χ0) is 31.9. The van der Waals surface area contributed by atoms with E-state index in [1.165, 1.54) is 0 Å². The van der Waals surface area contributed by atoms with Crippen molar-refractivity contribution < 1.29 is 18.6 Å². The zero-order valence-electron chi connectivity index (χ0n) is 26.8. The number of carbonyl (C=O) groups excluding carboxylic acids is 1. The van der Waals surface area contributed by atoms with Crippen LogP contribution >= 0.6 is 10.8 Å². The molecule has 240 valence electrons. The quantitative estimate of drug-likeness (QED) is 0.247. The molecule has 0 saturated carbocycles. The fourth-order valence-electron chi connectivity index (χ4n) is 6.63. The van der Waals surface area contributed by atoms with E-state index >= 15 is 0 Å². The molecule has 1 fully saturated rings. The van der Waals surface area contributed by atoms with E-state index in [0.29, 0.717) is 24.5 Å². The summed E-state index contributed by atoms with van der Waals surface area (Å²) in [6.07, 6.45) is 1.80. The van der Waals surface area contributed by atoms with Gasteiger partial charge in [-0.2, -0.15) is 4.31 Å². The average Bonchev–Trinajstić information content (AvgIpc) is 3.37. The fraction of sp³-hybridized carbons (Fsp3) is 0.441.